The maximum atomic E-state index is 13.6. The molecule has 1 saturated carbocycles. The number of anilines is 1. The highest BCUT2D eigenvalue weighted by molar-refractivity contribution is 7.09. The third-order valence-electron chi connectivity index (χ3n) is 3.56. The van der Waals surface area contributed by atoms with E-state index >= 15 is 0 Å². The molecule has 3 rings (SSSR count). The molecule has 2 amide bonds. The molecule has 5 nitrogen and oxygen atoms in total. The fraction of sp³-hybridized carbons (Fsp3) is 0.333. The molecule has 0 spiro atoms. The van der Waals surface area contributed by atoms with Gasteiger partial charge in [-0.1, -0.05) is 0 Å². The second-order valence-electron chi connectivity index (χ2n) is 5.26. The number of nitrogens with one attached hydrogen (secondary N) is 2. The second-order valence-corrected chi connectivity index (χ2v) is 6.18. The number of thiazole rings is 1. The molecule has 1 aromatic carbocycles. The number of ether oxygens (including phenoxy) is 1. The fourth-order valence-corrected chi connectivity index (χ4v) is 3.12. The van der Waals surface area contributed by atoms with E-state index in [9.17, 15) is 13.6 Å². The Morgan fingerprint density at radius 3 is 2.61 bits per heavy atom. The van der Waals surface area contributed by atoms with E-state index in [1.807, 2.05) is 5.38 Å². The minimum atomic E-state index is -0.874. The lowest BCUT2D eigenvalue weighted by Crippen LogP contribution is -2.33. The molecule has 2 aromatic rings. The molecular weight excluding hydrogens is 324 g/mol. The van der Waals surface area contributed by atoms with Crippen molar-refractivity contribution in [1.29, 1.82) is 0 Å². The largest absolute Gasteiger partial charge is 0.491 e. The van der Waals surface area contributed by atoms with Gasteiger partial charge in [0.25, 0.3) is 0 Å². The highest BCUT2D eigenvalue weighted by atomic mass is 32.1. The summed E-state index contributed by atoms with van der Waals surface area (Å²) < 4.78 is 31.9. The number of hydrogen-bond donors (Lipinski definition) is 2. The van der Waals surface area contributed by atoms with Gasteiger partial charge in [-0.15, -0.1) is 11.3 Å². The SMILES string of the molecule is COc1c(F)cc(NC(=O)N[C@H](c2nccs2)C2CC2)cc1F. The van der Waals surface area contributed by atoms with Gasteiger partial charge >= 0.3 is 6.03 Å². The van der Waals surface area contributed by atoms with Crippen molar-refractivity contribution in [1.82, 2.24) is 10.3 Å². The number of benzene rings is 1. The van der Waals surface area contributed by atoms with Crippen LogP contribution in [-0.4, -0.2) is 18.1 Å². The van der Waals surface area contributed by atoms with Gasteiger partial charge in [0.05, 0.1) is 13.2 Å². The van der Waals surface area contributed by atoms with Gasteiger partial charge in [0.2, 0.25) is 0 Å². The van der Waals surface area contributed by atoms with Crippen molar-refractivity contribution in [3.05, 3.63) is 40.4 Å². The van der Waals surface area contributed by atoms with Crippen molar-refractivity contribution in [3.63, 3.8) is 0 Å². The lowest BCUT2D eigenvalue weighted by molar-refractivity contribution is 0.247. The summed E-state index contributed by atoms with van der Waals surface area (Å²) in [5, 5.41) is 7.93. The smallest absolute Gasteiger partial charge is 0.319 e. The molecule has 1 atom stereocenters. The Labute approximate surface area is 135 Å². The third kappa shape index (κ3) is 3.58. The maximum Gasteiger partial charge on any atom is 0.319 e. The summed E-state index contributed by atoms with van der Waals surface area (Å²) >= 11 is 1.47. The number of carbonyl (C=O) groups is 1. The van der Waals surface area contributed by atoms with Gasteiger partial charge in [-0.25, -0.2) is 18.6 Å². The number of nitrogens with zero attached hydrogens (tertiary/aromatic N) is 1. The normalized spacial score (nSPS) is 15.1. The summed E-state index contributed by atoms with van der Waals surface area (Å²) in [6, 6.07) is 1.32. The lowest BCUT2D eigenvalue weighted by Gasteiger charge is -2.16. The minimum absolute atomic E-state index is 0.0204. The van der Waals surface area contributed by atoms with Crippen LogP contribution in [0.1, 0.15) is 23.9 Å². The molecule has 23 heavy (non-hydrogen) atoms. The van der Waals surface area contributed by atoms with E-state index in [1.54, 1.807) is 6.20 Å². The first-order valence-electron chi connectivity index (χ1n) is 7.08. The summed E-state index contributed by atoms with van der Waals surface area (Å²) in [6.45, 7) is 0. The molecule has 1 aromatic heterocycles. The second kappa shape index (κ2) is 6.49. The Morgan fingerprint density at radius 2 is 2.09 bits per heavy atom. The number of aromatic nitrogens is 1. The molecule has 1 aliphatic carbocycles. The Morgan fingerprint density at radius 1 is 1.39 bits per heavy atom. The van der Waals surface area contributed by atoms with Crippen LogP contribution < -0.4 is 15.4 Å². The summed E-state index contributed by atoms with van der Waals surface area (Å²) in [4.78, 5) is 16.3. The standard InChI is InChI=1S/C15H15F2N3O2S/c1-22-13-10(16)6-9(7-11(13)17)19-15(21)20-12(8-2-3-8)14-18-4-5-23-14/h4-8,12H,2-3H2,1H3,(H2,19,20,21)/t12-/m0/s1. The molecule has 1 heterocycles. The van der Waals surface area contributed by atoms with Crippen molar-refractivity contribution in [2.45, 2.75) is 18.9 Å². The van der Waals surface area contributed by atoms with Crippen LogP contribution >= 0.6 is 11.3 Å². The van der Waals surface area contributed by atoms with Crippen molar-refractivity contribution < 1.29 is 18.3 Å². The number of amides is 2. The van der Waals surface area contributed by atoms with Gasteiger partial charge in [-0.2, -0.15) is 0 Å². The first-order valence-corrected chi connectivity index (χ1v) is 7.96. The number of methoxy groups -OCH3 is 1. The number of halogens is 2. The predicted octanol–water partition coefficient (Wildman–Crippen LogP) is 3.70. The van der Waals surface area contributed by atoms with Crippen molar-refractivity contribution >= 4 is 23.1 Å². The van der Waals surface area contributed by atoms with Gasteiger partial charge in [0.1, 0.15) is 5.01 Å². The topological polar surface area (TPSA) is 63.2 Å². The summed E-state index contributed by atoms with van der Waals surface area (Å²) in [5.74, 6) is -1.87. The number of rotatable bonds is 5. The molecule has 1 fully saturated rings. The van der Waals surface area contributed by atoms with Crippen LogP contribution in [0.25, 0.3) is 0 Å². The van der Waals surface area contributed by atoms with E-state index in [-0.39, 0.29) is 11.7 Å². The Kier molecular flexibility index (Phi) is 4.42. The molecule has 0 radical (unpaired) electrons. The monoisotopic (exact) mass is 339 g/mol. The molecule has 0 unspecified atom stereocenters. The van der Waals surface area contributed by atoms with Crippen LogP contribution in [0.4, 0.5) is 19.3 Å². The molecule has 1 aliphatic rings. The van der Waals surface area contributed by atoms with Crippen LogP contribution in [0.3, 0.4) is 0 Å². The van der Waals surface area contributed by atoms with Crippen molar-refractivity contribution in [2.24, 2.45) is 5.92 Å². The van der Waals surface area contributed by atoms with E-state index in [0.717, 1.165) is 30.0 Å². The molecule has 0 bridgehead atoms. The van der Waals surface area contributed by atoms with Crippen LogP contribution in [0, 0.1) is 17.6 Å². The van der Waals surface area contributed by atoms with Crippen LogP contribution in [-0.2, 0) is 0 Å². The Bertz CT molecular complexity index is 682. The summed E-state index contributed by atoms with van der Waals surface area (Å²) in [5.41, 5.74) is 0.0204. The van der Waals surface area contributed by atoms with Gasteiger partial charge in [0, 0.05) is 29.4 Å². The van der Waals surface area contributed by atoms with Gasteiger partial charge in [-0.05, 0) is 18.8 Å². The first kappa shape index (κ1) is 15.7. The van der Waals surface area contributed by atoms with Crippen molar-refractivity contribution in [3.8, 4) is 5.75 Å². The predicted molar refractivity (Wildman–Crippen MR) is 82.6 cm³/mol. The highest BCUT2D eigenvalue weighted by Gasteiger charge is 2.35. The zero-order valence-electron chi connectivity index (χ0n) is 12.3. The molecule has 122 valence electrons. The van der Waals surface area contributed by atoms with Gasteiger partial charge in [0.15, 0.2) is 17.4 Å². The highest BCUT2D eigenvalue weighted by Crippen LogP contribution is 2.41. The molecule has 0 aliphatic heterocycles. The molecule has 2 N–H and O–H groups in total. The van der Waals surface area contributed by atoms with E-state index in [4.69, 9.17) is 0 Å². The quantitative estimate of drug-likeness (QED) is 0.873. The number of urea groups is 1. The summed E-state index contributed by atoms with van der Waals surface area (Å²) in [7, 11) is 1.18. The number of carbonyl (C=O) groups excluding carboxylic acids is 1. The molecule has 0 saturated heterocycles. The zero-order valence-corrected chi connectivity index (χ0v) is 13.1. The van der Waals surface area contributed by atoms with Crippen molar-refractivity contribution in [2.75, 3.05) is 12.4 Å². The average Bonchev–Trinajstić information content (AvgIpc) is 3.19. The van der Waals surface area contributed by atoms with Gasteiger partial charge in [-0.3, -0.25) is 0 Å². The maximum absolute atomic E-state index is 13.6. The minimum Gasteiger partial charge on any atom is -0.491 e. The van der Waals surface area contributed by atoms with E-state index in [2.05, 4.69) is 20.4 Å². The van der Waals surface area contributed by atoms with E-state index < -0.39 is 23.4 Å². The average molecular weight is 339 g/mol. The van der Waals surface area contributed by atoms with Crippen LogP contribution in [0.15, 0.2) is 23.7 Å². The molecular formula is C15H15F2N3O2S. The van der Waals surface area contributed by atoms with Crippen LogP contribution in [0.2, 0.25) is 0 Å². The van der Waals surface area contributed by atoms with E-state index in [0.29, 0.717) is 5.92 Å². The Hall–Kier alpha value is -2.22. The first-order chi connectivity index (χ1) is 11.1. The molecule has 8 heteroatoms. The van der Waals surface area contributed by atoms with Gasteiger partial charge < -0.3 is 15.4 Å². The zero-order chi connectivity index (χ0) is 16.4. The van der Waals surface area contributed by atoms with E-state index in [1.165, 1.54) is 18.4 Å². The fourth-order valence-electron chi connectivity index (χ4n) is 2.33. The third-order valence-corrected chi connectivity index (χ3v) is 4.42. The van der Waals surface area contributed by atoms with Crippen LogP contribution in [0.5, 0.6) is 5.75 Å². The lowest BCUT2D eigenvalue weighted by atomic mass is 10.2. The number of hydrogen-bond acceptors (Lipinski definition) is 4. The Balaban J connectivity index is 1.69. The summed E-state index contributed by atoms with van der Waals surface area (Å²) in [6.07, 6.45) is 3.73.